The van der Waals surface area contributed by atoms with Crippen LogP contribution in [-0.4, -0.2) is 22.2 Å². The van der Waals surface area contributed by atoms with Crippen molar-refractivity contribution in [1.29, 1.82) is 0 Å². The Bertz CT molecular complexity index is 490. The van der Waals surface area contributed by atoms with Crippen LogP contribution in [0.25, 0.3) is 0 Å². The highest BCUT2D eigenvalue weighted by molar-refractivity contribution is 5.56. The van der Waals surface area contributed by atoms with Crippen LogP contribution in [0.1, 0.15) is 31.3 Å². The molecule has 0 aromatic heterocycles. The number of anilines is 1. The topological polar surface area (TPSA) is 75.4 Å². The molecule has 0 saturated heterocycles. The summed E-state index contributed by atoms with van der Waals surface area (Å²) in [5.41, 5.74) is -1.51. The van der Waals surface area contributed by atoms with Crippen LogP contribution in [0.3, 0.4) is 0 Å². The highest BCUT2D eigenvalue weighted by atomic mass is 19.3. The number of nitro benzene ring substituents is 1. The lowest BCUT2D eigenvalue weighted by atomic mass is 9.80. The van der Waals surface area contributed by atoms with Crippen molar-refractivity contribution in [2.75, 3.05) is 11.9 Å². The second-order valence-electron chi connectivity index (χ2n) is 4.76. The van der Waals surface area contributed by atoms with E-state index in [4.69, 9.17) is 0 Å². The second kappa shape index (κ2) is 5.08. The van der Waals surface area contributed by atoms with E-state index in [0.29, 0.717) is 12.8 Å². The molecule has 7 heteroatoms. The zero-order valence-electron chi connectivity index (χ0n) is 10.1. The summed E-state index contributed by atoms with van der Waals surface area (Å²) in [6.07, 6.45) is -0.618. The van der Waals surface area contributed by atoms with Gasteiger partial charge in [0.15, 0.2) is 0 Å². The summed E-state index contributed by atoms with van der Waals surface area (Å²) in [7, 11) is 0. The van der Waals surface area contributed by atoms with Crippen LogP contribution in [0.5, 0.6) is 0 Å². The second-order valence-corrected chi connectivity index (χ2v) is 4.76. The Morgan fingerprint density at radius 2 is 2.16 bits per heavy atom. The molecule has 0 spiro atoms. The van der Waals surface area contributed by atoms with E-state index in [1.165, 1.54) is 12.1 Å². The van der Waals surface area contributed by atoms with Crippen LogP contribution in [0.2, 0.25) is 0 Å². The lowest BCUT2D eigenvalue weighted by Gasteiger charge is -2.37. The van der Waals surface area contributed by atoms with Crippen LogP contribution < -0.4 is 5.32 Å². The average Bonchev–Trinajstić information content (AvgIpc) is 2.33. The third-order valence-corrected chi connectivity index (χ3v) is 3.37. The standard InChI is InChI=1S/C12H14F2N2O3/c13-11(14)9-6-8(16(18)19)2-3-10(9)15-7-12(17)4-1-5-12/h2-3,6,11,15,17H,1,4-5,7H2. The van der Waals surface area contributed by atoms with E-state index in [1.54, 1.807) is 0 Å². The monoisotopic (exact) mass is 272 g/mol. The maximum Gasteiger partial charge on any atom is 0.270 e. The first kappa shape index (κ1) is 13.7. The van der Waals surface area contributed by atoms with Gasteiger partial charge in [0.25, 0.3) is 12.1 Å². The van der Waals surface area contributed by atoms with Crippen molar-refractivity contribution in [3.05, 3.63) is 33.9 Å². The Morgan fingerprint density at radius 3 is 2.63 bits per heavy atom. The predicted octanol–water partition coefficient (Wildman–Crippen LogP) is 2.86. The van der Waals surface area contributed by atoms with Gasteiger partial charge in [-0.25, -0.2) is 8.78 Å². The molecular weight excluding hydrogens is 258 g/mol. The molecule has 1 fully saturated rings. The number of hydrogen-bond acceptors (Lipinski definition) is 4. The summed E-state index contributed by atoms with van der Waals surface area (Å²) < 4.78 is 25.7. The number of rotatable bonds is 5. The molecular formula is C12H14F2N2O3. The fourth-order valence-electron chi connectivity index (χ4n) is 2.03. The Labute approximate surface area is 108 Å². The van der Waals surface area contributed by atoms with Crippen molar-refractivity contribution < 1.29 is 18.8 Å². The number of nitrogens with zero attached hydrogens (tertiary/aromatic N) is 1. The summed E-state index contributed by atoms with van der Waals surface area (Å²) >= 11 is 0. The molecule has 19 heavy (non-hydrogen) atoms. The van der Waals surface area contributed by atoms with Gasteiger partial charge < -0.3 is 10.4 Å². The van der Waals surface area contributed by atoms with Gasteiger partial charge >= 0.3 is 0 Å². The van der Waals surface area contributed by atoms with Gasteiger partial charge in [0.1, 0.15) is 0 Å². The molecule has 1 saturated carbocycles. The molecule has 0 aliphatic heterocycles. The average molecular weight is 272 g/mol. The van der Waals surface area contributed by atoms with Crippen molar-refractivity contribution in [1.82, 2.24) is 0 Å². The highest BCUT2D eigenvalue weighted by Gasteiger charge is 2.34. The van der Waals surface area contributed by atoms with Crippen molar-refractivity contribution in [2.45, 2.75) is 31.3 Å². The van der Waals surface area contributed by atoms with E-state index < -0.39 is 22.5 Å². The maximum absolute atomic E-state index is 12.9. The number of nitrogens with one attached hydrogen (secondary N) is 1. The van der Waals surface area contributed by atoms with E-state index >= 15 is 0 Å². The van der Waals surface area contributed by atoms with E-state index in [0.717, 1.165) is 12.5 Å². The molecule has 104 valence electrons. The summed E-state index contributed by atoms with van der Waals surface area (Å²) in [6, 6.07) is 3.28. The van der Waals surface area contributed by atoms with Crippen molar-refractivity contribution >= 4 is 11.4 Å². The van der Waals surface area contributed by atoms with E-state index in [2.05, 4.69) is 5.32 Å². The van der Waals surface area contributed by atoms with Gasteiger partial charge in [-0.15, -0.1) is 0 Å². The van der Waals surface area contributed by atoms with Gasteiger partial charge in [-0.1, -0.05) is 0 Å². The highest BCUT2D eigenvalue weighted by Crippen LogP contribution is 2.34. The van der Waals surface area contributed by atoms with E-state index in [-0.39, 0.29) is 17.9 Å². The molecule has 1 aromatic rings. The van der Waals surface area contributed by atoms with Crippen LogP contribution in [0, 0.1) is 10.1 Å². The number of alkyl halides is 2. The van der Waals surface area contributed by atoms with Crippen LogP contribution in [0.15, 0.2) is 18.2 Å². The van der Waals surface area contributed by atoms with E-state index in [1.807, 2.05) is 0 Å². The molecule has 1 aliphatic rings. The Balaban J connectivity index is 2.16. The number of benzene rings is 1. The number of aliphatic hydroxyl groups is 1. The first-order chi connectivity index (χ1) is 8.91. The minimum atomic E-state index is -2.81. The maximum atomic E-state index is 12.9. The first-order valence-corrected chi connectivity index (χ1v) is 5.94. The van der Waals surface area contributed by atoms with Gasteiger partial charge in [0.05, 0.1) is 10.5 Å². The smallest absolute Gasteiger partial charge is 0.270 e. The minimum absolute atomic E-state index is 0.126. The van der Waals surface area contributed by atoms with Gasteiger partial charge in [-0.3, -0.25) is 10.1 Å². The predicted molar refractivity (Wildman–Crippen MR) is 65.3 cm³/mol. The third-order valence-electron chi connectivity index (χ3n) is 3.37. The number of hydrogen-bond donors (Lipinski definition) is 2. The van der Waals surface area contributed by atoms with Crippen molar-refractivity contribution in [2.24, 2.45) is 0 Å². The third kappa shape index (κ3) is 2.98. The van der Waals surface area contributed by atoms with Crippen LogP contribution in [0.4, 0.5) is 20.2 Å². The largest absolute Gasteiger partial charge is 0.388 e. The Morgan fingerprint density at radius 1 is 1.47 bits per heavy atom. The molecule has 0 atom stereocenters. The first-order valence-electron chi connectivity index (χ1n) is 5.94. The fraction of sp³-hybridized carbons (Fsp3) is 0.500. The Kier molecular flexibility index (Phi) is 3.66. The lowest BCUT2D eigenvalue weighted by molar-refractivity contribution is -0.385. The fourth-order valence-corrected chi connectivity index (χ4v) is 2.03. The SMILES string of the molecule is O=[N+]([O-])c1ccc(NCC2(O)CCC2)c(C(F)F)c1. The van der Waals surface area contributed by atoms with E-state index in [9.17, 15) is 24.0 Å². The molecule has 0 heterocycles. The number of halogens is 2. The van der Waals surface area contributed by atoms with Crippen LogP contribution in [-0.2, 0) is 0 Å². The van der Waals surface area contributed by atoms with Gasteiger partial charge in [-0.05, 0) is 25.3 Å². The summed E-state index contributed by atoms with van der Waals surface area (Å²) in [5, 5.41) is 23.2. The zero-order chi connectivity index (χ0) is 14.0. The number of non-ortho nitro benzene ring substituents is 1. The number of nitro groups is 1. The minimum Gasteiger partial charge on any atom is -0.388 e. The lowest BCUT2D eigenvalue weighted by Crippen LogP contribution is -2.43. The quantitative estimate of drug-likeness (QED) is 0.638. The molecule has 0 radical (unpaired) electrons. The molecule has 0 amide bonds. The molecule has 2 N–H and O–H groups in total. The van der Waals surface area contributed by atoms with Crippen LogP contribution >= 0.6 is 0 Å². The zero-order valence-corrected chi connectivity index (χ0v) is 10.1. The van der Waals surface area contributed by atoms with Crippen molar-refractivity contribution in [3.63, 3.8) is 0 Å². The summed E-state index contributed by atoms with van der Waals surface area (Å²) in [5.74, 6) is 0. The van der Waals surface area contributed by atoms with Gasteiger partial charge in [0, 0.05) is 29.9 Å². The molecule has 1 aromatic carbocycles. The summed E-state index contributed by atoms with van der Waals surface area (Å²) in [4.78, 5) is 9.85. The molecule has 2 rings (SSSR count). The summed E-state index contributed by atoms with van der Waals surface area (Å²) in [6.45, 7) is 0.171. The van der Waals surface area contributed by atoms with Crippen molar-refractivity contribution in [3.8, 4) is 0 Å². The Hall–Kier alpha value is -1.76. The molecule has 1 aliphatic carbocycles. The normalized spacial score (nSPS) is 17.1. The van der Waals surface area contributed by atoms with Gasteiger partial charge in [-0.2, -0.15) is 0 Å². The molecule has 5 nitrogen and oxygen atoms in total. The molecule has 0 unspecified atom stereocenters. The van der Waals surface area contributed by atoms with Gasteiger partial charge in [0.2, 0.25) is 0 Å². The molecule has 0 bridgehead atoms.